The van der Waals surface area contributed by atoms with Crippen molar-refractivity contribution in [3.05, 3.63) is 52.5 Å². The number of para-hydroxylation sites is 1. The topological polar surface area (TPSA) is 53.5 Å². The fraction of sp³-hybridized carbons (Fsp3) is 0.200. The molecule has 5 heteroatoms. The van der Waals surface area contributed by atoms with Crippen LogP contribution < -0.4 is 15.6 Å². The van der Waals surface area contributed by atoms with Gasteiger partial charge in [0.05, 0.1) is 11.1 Å². The summed E-state index contributed by atoms with van der Waals surface area (Å²) in [6, 6.07) is 13.5. The minimum absolute atomic E-state index is 0.131. The predicted octanol–water partition coefficient (Wildman–Crippen LogP) is 3.67. The monoisotopic (exact) mass is 336 g/mol. The average molecular weight is 337 g/mol. The highest BCUT2D eigenvalue weighted by molar-refractivity contribution is 9.10. The Morgan fingerprint density at radius 1 is 1.20 bits per heavy atom. The van der Waals surface area contributed by atoms with Crippen molar-refractivity contribution in [2.75, 3.05) is 12.0 Å². The molecule has 0 aromatic heterocycles. The molecule has 0 aliphatic heterocycles. The number of halogens is 1. The zero-order chi connectivity index (χ0) is 14.4. The second-order valence-corrected chi connectivity index (χ2v) is 5.06. The Kier molecular flexibility index (Phi) is 5.26. The maximum atomic E-state index is 9.85. The number of aromatic hydroxyl groups is 1. The molecule has 4 nitrogen and oxygen atoms in total. The second kappa shape index (κ2) is 7.17. The van der Waals surface area contributed by atoms with Crippen molar-refractivity contribution in [1.29, 1.82) is 0 Å². The zero-order valence-electron chi connectivity index (χ0n) is 11.2. The van der Waals surface area contributed by atoms with E-state index in [1.165, 1.54) is 0 Å². The van der Waals surface area contributed by atoms with Gasteiger partial charge in [-0.3, -0.25) is 0 Å². The van der Waals surface area contributed by atoms with Gasteiger partial charge in [0.15, 0.2) is 11.5 Å². The van der Waals surface area contributed by atoms with Crippen molar-refractivity contribution in [2.24, 2.45) is 0 Å². The summed E-state index contributed by atoms with van der Waals surface area (Å²) in [5.41, 5.74) is 8.23. The summed E-state index contributed by atoms with van der Waals surface area (Å²) in [7, 11) is 0. The van der Waals surface area contributed by atoms with Crippen molar-refractivity contribution in [1.82, 2.24) is 5.43 Å². The van der Waals surface area contributed by atoms with Crippen LogP contribution in [-0.2, 0) is 6.54 Å². The van der Waals surface area contributed by atoms with E-state index < -0.39 is 0 Å². The van der Waals surface area contributed by atoms with E-state index in [-0.39, 0.29) is 5.75 Å². The molecule has 0 unspecified atom stereocenters. The van der Waals surface area contributed by atoms with E-state index in [0.717, 1.165) is 11.3 Å². The zero-order valence-corrected chi connectivity index (χ0v) is 12.8. The van der Waals surface area contributed by atoms with E-state index >= 15 is 0 Å². The molecule has 2 aromatic carbocycles. The molecule has 0 amide bonds. The standard InChI is InChI=1S/C15H17BrN2O2/c1-2-20-14-9-11(8-13(16)15(14)19)10-17-18-12-6-4-3-5-7-12/h3-9,17-19H,2,10H2,1H3. The highest BCUT2D eigenvalue weighted by atomic mass is 79.9. The van der Waals surface area contributed by atoms with E-state index in [0.29, 0.717) is 23.4 Å². The Hall–Kier alpha value is -1.72. The first-order valence-electron chi connectivity index (χ1n) is 6.38. The third kappa shape index (κ3) is 3.88. The molecule has 0 spiro atoms. The molecule has 0 heterocycles. The molecule has 2 aromatic rings. The molecule has 0 saturated carbocycles. The molecular formula is C15H17BrN2O2. The van der Waals surface area contributed by atoms with Crippen LogP contribution in [0.1, 0.15) is 12.5 Å². The van der Waals surface area contributed by atoms with E-state index in [4.69, 9.17) is 4.74 Å². The summed E-state index contributed by atoms with van der Waals surface area (Å²) < 4.78 is 6.02. The largest absolute Gasteiger partial charge is 0.503 e. The van der Waals surface area contributed by atoms with Gasteiger partial charge in [0.2, 0.25) is 0 Å². The van der Waals surface area contributed by atoms with Gasteiger partial charge in [-0.05, 0) is 52.7 Å². The van der Waals surface area contributed by atoms with Crippen LogP contribution in [0, 0.1) is 0 Å². The van der Waals surface area contributed by atoms with Crippen LogP contribution in [0.15, 0.2) is 46.9 Å². The lowest BCUT2D eigenvalue weighted by molar-refractivity contribution is 0.317. The molecule has 2 rings (SSSR count). The maximum Gasteiger partial charge on any atom is 0.172 e. The molecule has 0 saturated heterocycles. The molecular weight excluding hydrogens is 320 g/mol. The lowest BCUT2D eigenvalue weighted by Gasteiger charge is -2.12. The third-order valence-electron chi connectivity index (χ3n) is 2.69. The van der Waals surface area contributed by atoms with Crippen LogP contribution in [0.2, 0.25) is 0 Å². The molecule has 0 radical (unpaired) electrons. The molecule has 106 valence electrons. The molecule has 3 N–H and O–H groups in total. The van der Waals surface area contributed by atoms with Crippen LogP contribution >= 0.6 is 15.9 Å². The summed E-state index contributed by atoms with van der Waals surface area (Å²) in [5.74, 6) is 0.616. The Labute approximate surface area is 126 Å². The van der Waals surface area contributed by atoms with Crippen molar-refractivity contribution < 1.29 is 9.84 Å². The lowest BCUT2D eigenvalue weighted by atomic mass is 10.2. The summed E-state index contributed by atoms with van der Waals surface area (Å²) in [4.78, 5) is 0. The molecule has 0 aliphatic carbocycles. The number of hydrogen-bond donors (Lipinski definition) is 3. The van der Waals surface area contributed by atoms with Gasteiger partial charge in [0, 0.05) is 12.2 Å². The number of benzene rings is 2. The number of ether oxygens (including phenoxy) is 1. The quantitative estimate of drug-likeness (QED) is 0.704. The van der Waals surface area contributed by atoms with Gasteiger partial charge in [-0.25, -0.2) is 5.43 Å². The van der Waals surface area contributed by atoms with Gasteiger partial charge < -0.3 is 15.3 Å². The number of hydrazine groups is 1. The van der Waals surface area contributed by atoms with Crippen molar-refractivity contribution in [3.63, 3.8) is 0 Å². The minimum Gasteiger partial charge on any atom is -0.503 e. The van der Waals surface area contributed by atoms with E-state index in [1.54, 1.807) is 0 Å². The molecule has 0 atom stereocenters. The Morgan fingerprint density at radius 2 is 1.95 bits per heavy atom. The summed E-state index contributed by atoms with van der Waals surface area (Å²) in [6.07, 6.45) is 0. The van der Waals surface area contributed by atoms with Crippen LogP contribution in [0.3, 0.4) is 0 Å². The van der Waals surface area contributed by atoms with Crippen LogP contribution in [0.4, 0.5) is 5.69 Å². The Bertz CT molecular complexity index is 561. The first-order valence-corrected chi connectivity index (χ1v) is 7.18. The van der Waals surface area contributed by atoms with Gasteiger partial charge in [-0.1, -0.05) is 18.2 Å². The maximum absolute atomic E-state index is 9.85. The number of nitrogens with one attached hydrogen (secondary N) is 2. The number of phenols is 1. The summed E-state index contributed by atoms with van der Waals surface area (Å²) in [5, 5.41) is 9.85. The normalized spacial score (nSPS) is 10.3. The minimum atomic E-state index is 0.131. The van der Waals surface area contributed by atoms with Crippen LogP contribution in [-0.4, -0.2) is 11.7 Å². The number of anilines is 1. The molecule has 20 heavy (non-hydrogen) atoms. The van der Waals surface area contributed by atoms with Gasteiger partial charge in [0.25, 0.3) is 0 Å². The van der Waals surface area contributed by atoms with Gasteiger partial charge >= 0.3 is 0 Å². The molecule has 0 fully saturated rings. The summed E-state index contributed by atoms with van der Waals surface area (Å²) >= 11 is 3.33. The highest BCUT2D eigenvalue weighted by Gasteiger charge is 2.08. The van der Waals surface area contributed by atoms with Crippen molar-refractivity contribution in [3.8, 4) is 11.5 Å². The number of hydrogen-bond acceptors (Lipinski definition) is 4. The van der Waals surface area contributed by atoms with Crippen molar-refractivity contribution in [2.45, 2.75) is 13.5 Å². The Morgan fingerprint density at radius 3 is 2.65 bits per heavy atom. The molecule has 0 aliphatic rings. The van der Waals surface area contributed by atoms with Gasteiger partial charge in [-0.15, -0.1) is 0 Å². The highest BCUT2D eigenvalue weighted by Crippen LogP contribution is 2.35. The fourth-order valence-corrected chi connectivity index (χ4v) is 2.25. The predicted molar refractivity (Wildman–Crippen MR) is 83.9 cm³/mol. The van der Waals surface area contributed by atoms with E-state index in [1.807, 2.05) is 49.4 Å². The van der Waals surface area contributed by atoms with Crippen LogP contribution in [0.25, 0.3) is 0 Å². The first-order chi connectivity index (χ1) is 9.70. The first kappa shape index (κ1) is 14.7. The van der Waals surface area contributed by atoms with Crippen molar-refractivity contribution >= 4 is 21.6 Å². The van der Waals surface area contributed by atoms with Gasteiger partial charge in [-0.2, -0.15) is 0 Å². The Balaban J connectivity index is 1.99. The number of rotatable bonds is 6. The SMILES string of the molecule is CCOc1cc(CNNc2ccccc2)cc(Br)c1O. The average Bonchev–Trinajstić information content (AvgIpc) is 2.45. The summed E-state index contributed by atoms with van der Waals surface area (Å²) in [6.45, 7) is 3.00. The third-order valence-corrected chi connectivity index (χ3v) is 3.29. The number of phenolic OH excluding ortho intramolecular Hbond substituents is 1. The van der Waals surface area contributed by atoms with Crippen LogP contribution in [0.5, 0.6) is 11.5 Å². The molecule has 0 bridgehead atoms. The van der Waals surface area contributed by atoms with E-state index in [9.17, 15) is 5.11 Å². The second-order valence-electron chi connectivity index (χ2n) is 4.20. The lowest BCUT2D eigenvalue weighted by Crippen LogP contribution is -2.20. The fourth-order valence-electron chi connectivity index (χ4n) is 1.76. The smallest absolute Gasteiger partial charge is 0.172 e. The van der Waals surface area contributed by atoms with Gasteiger partial charge in [0.1, 0.15) is 0 Å². The van der Waals surface area contributed by atoms with E-state index in [2.05, 4.69) is 26.8 Å².